The maximum Gasteiger partial charge on any atom is 0.295 e. The van der Waals surface area contributed by atoms with Crippen LogP contribution in [-0.2, 0) is 16.6 Å². The van der Waals surface area contributed by atoms with Crippen LogP contribution in [0.25, 0.3) is 0 Å². The van der Waals surface area contributed by atoms with E-state index in [1.807, 2.05) is 0 Å². The van der Waals surface area contributed by atoms with Gasteiger partial charge in [-0.1, -0.05) is 6.58 Å². The molecule has 98 valence electrons. The highest BCUT2D eigenvalue weighted by atomic mass is 16.7. The Bertz CT molecular complexity index is 469. The number of aromatic nitrogens is 2. The fraction of sp³-hybridized carbons (Fsp3) is 0.364. The average molecular weight is 253 g/mol. The van der Waals surface area contributed by atoms with E-state index < -0.39 is 5.91 Å². The highest BCUT2D eigenvalue weighted by Gasteiger charge is 2.10. The second-order valence-corrected chi connectivity index (χ2v) is 3.46. The molecule has 0 fully saturated rings. The number of nitrogens with zero attached hydrogens (tertiary/aromatic N) is 2. The molecule has 0 aliphatic heterocycles. The predicted molar refractivity (Wildman–Crippen MR) is 63.8 cm³/mol. The Morgan fingerprint density at radius 1 is 1.61 bits per heavy atom. The van der Waals surface area contributed by atoms with Crippen molar-refractivity contribution in [3.63, 3.8) is 0 Å². The van der Waals surface area contributed by atoms with Gasteiger partial charge in [0, 0.05) is 12.6 Å². The van der Waals surface area contributed by atoms with Gasteiger partial charge in [0.05, 0.1) is 6.26 Å². The Morgan fingerprint density at radius 3 is 2.94 bits per heavy atom. The number of carbonyl (C=O) groups is 1. The number of nitrogens with one attached hydrogen (secondary N) is 1. The van der Waals surface area contributed by atoms with Crippen molar-refractivity contribution < 1.29 is 14.4 Å². The fourth-order valence-electron chi connectivity index (χ4n) is 1.21. The quantitative estimate of drug-likeness (QED) is 0.435. The first kappa shape index (κ1) is 13.9. The number of aryl methyl sites for hydroxylation is 2. The minimum atomic E-state index is -0.521. The zero-order chi connectivity index (χ0) is 13.5. The van der Waals surface area contributed by atoms with Crippen LogP contribution in [0.1, 0.15) is 16.1 Å². The van der Waals surface area contributed by atoms with Crippen LogP contribution in [-0.4, -0.2) is 28.9 Å². The number of rotatable bonds is 6. The lowest BCUT2D eigenvalue weighted by Crippen LogP contribution is -2.30. The predicted octanol–water partition coefficient (Wildman–Crippen LogP) is -0.0898. The second-order valence-electron chi connectivity index (χ2n) is 3.46. The molecule has 0 saturated heterocycles. The fourth-order valence-corrected chi connectivity index (χ4v) is 1.21. The molecule has 1 amide bonds. The Hall–Kier alpha value is -2.15. The summed E-state index contributed by atoms with van der Waals surface area (Å²) in [6, 6.07) is 1.40. The Kier molecular flexibility index (Phi) is 5.06. The molecule has 18 heavy (non-hydrogen) atoms. The largest absolute Gasteiger partial charge is 0.499 e. The minimum Gasteiger partial charge on any atom is -0.499 e. The maximum atomic E-state index is 11.6. The van der Waals surface area contributed by atoms with Gasteiger partial charge in [0.2, 0.25) is 0 Å². The number of hydroxylamine groups is 1. The summed E-state index contributed by atoms with van der Waals surface area (Å²) < 4.78 is 5.90. The highest BCUT2D eigenvalue weighted by molar-refractivity contribution is 5.91. The lowest BCUT2D eigenvalue weighted by molar-refractivity contribution is 0.0140. The first-order valence-electron chi connectivity index (χ1n) is 5.26. The van der Waals surface area contributed by atoms with Gasteiger partial charge in [-0.3, -0.25) is 14.4 Å². The molecule has 1 rings (SSSR count). The summed E-state index contributed by atoms with van der Waals surface area (Å²) >= 11 is 0. The molecule has 7 nitrogen and oxygen atoms in total. The van der Waals surface area contributed by atoms with E-state index >= 15 is 0 Å². The topological polar surface area (TPSA) is 82.5 Å². The van der Waals surface area contributed by atoms with Gasteiger partial charge >= 0.3 is 0 Å². The molecule has 1 N–H and O–H groups in total. The average Bonchev–Trinajstić information content (AvgIpc) is 2.34. The number of hydrogen-bond donors (Lipinski definition) is 1. The Labute approximate surface area is 104 Å². The third-order valence-corrected chi connectivity index (χ3v) is 2.06. The molecule has 7 heteroatoms. The molecule has 0 saturated carbocycles. The lowest BCUT2D eigenvalue weighted by Gasteiger charge is -2.06. The molecule has 0 radical (unpaired) electrons. The smallest absolute Gasteiger partial charge is 0.295 e. The van der Waals surface area contributed by atoms with Gasteiger partial charge in [-0.25, -0.2) is 10.2 Å². The van der Waals surface area contributed by atoms with Crippen LogP contribution in [0.15, 0.2) is 23.7 Å². The van der Waals surface area contributed by atoms with Crippen molar-refractivity contribution >= 4 is 5.91 Å². The molecule has 1 aromatic rings. The van der Waals surface area contributed by atoms with Crippen molar-refractivity contribution in [3.05, 3.63) is 40.5 Å². The summed E-state index contributed by atoms with van der Waals surface area (Å²) in [6.07, 6.45) is 1.28. The molecule has 0 aromatic carbocycles. The van der Waals surface area contributed by atoms with Gasteiger partial charge in [-0.2, -0.15) is 5.10 Å². The van der Waals surface area contributed by atoms with Gasteiger partial charge in [-0.15, -0.1) is 0 Å². The van der Waals surface area contributed by atoms with E-state index in [1.54, 1.807) is 6.92 Å². The first-order valence-corrected chi connectivity index (χ1v) is 5.26. The SMILES string of the molecule is C=COCCONC(=O)c1cc(C)c(=O)n(C)n1. The van der Waals surface area contributed by atoms with Crippen LogP contribution in [0.5, 0.6) is 0 Å². The van der Waals surface area contributed by atoms with Gasteiger partial charge in [0.1, 0.15) is 13.2 Å². The zero-order valence-electron chi connectivity index (χ0n) is 10.3. The van der Waals surface area contributed by atoms with Crippen molar-refractivity contribution in [1.82, 2.24) is 15.3 Å². The maximum absolute atomic E-state index is 11.6. The molecule has 0 spiro atoms. The van der Waals surface area contributed by atoms with E-state index in [9.17, 15) is 9.59 Å². The zero-order valence-corrected chi connectivity index (χ0v) is 10.3. The Balaban J connectivity index is 2.57. The summed E-state index contributed by atoms with van der Waals surface area (Å²) in [7, 11) is 1.48. The van der Waals surface area contributed by atoms with Crippen LogP contribution >= 0.6 is 0 Å². The molecular weight excluding hydrogens is 238 g/mol. The Morgan fingerprint density at radius 2 is 2.33 bits per heavy atom. The number of ether oxygens (including phenoxy) is 1. The van der Waals surface area contributed by atoms with Gasteiger partial charge in [0.15, 0.2) is 5.69 Å². The molecule has 1 heterocycles. The van der Waals surface area contributed by atoms with E-state index in [0.29, 0.717) is 5.56 Å². The molecule has 0 aliphatic carbocycles. The normalized spacial score (nSPS) is 9.89. The minimum absolute atomic E-state index is 0.110. The molecule has 1 aromatic heterocycles. The monoisotopic (exact) mass is 253 g/mol. The van der Waals surface area contributed by atoms with Crippen molar-refractivity contribution in [3.8, 4) is 0 Å². The van der Waals surface area contributed by atoms with Crippen LogP contribution in [0.4, 0.5) is 0 Å². The standard InChI is InChI=1S/C11H15N3O4/c1-4-17-5-6-18-13-10(15)9-7-8(2)11(16)14(3)12-9/h4,7H,1,5-6H2,2-3H3,(H,13,15). The van der Waals surface area contributed by atoms with Crippen LogP contribution in [0.2, 0.25) is 0 Å². The number of hydrogen-bond acceptors (Lipinski definition) is 5. The third-order valence-electron chi connectivity index (χ3n) is 2.06. The van der Waals surface area contributed by atoms with Gasteiger partial charge in [0.25, 0.3) is 11.5 Å². The summed E-state index contributed by atoms with van der Waals surface area (Å²) in [5.41, 5.74) is 2.51. The summed E-state index contributed by atoms with van der Waals surface area (Å²) in [5, 5.41) is 3.81. The third kappa shape index (κ3) is 3.70. The van der Waals surface area contributed by atoms with Crippen molar-refractivity contribution in [1.29, 1.82) is 0 Å². The van der Waals surface area contributed by atoms with Crippen molar-refractivity contribution in [2.75, 3.05) is 13.2 Å². The molecular formula is C11H15N3O4. The molecule has 0 atom stereocenters. The van der Waals surface area contributed by atoms with E-state index in [0.717, 1.165) is 4.68 Å². The van der Waals surface area contributed by atoms with Crippen LogP contribution in [0.3, 0.4) is 0 Å². The van der Waals surface area contributed by atoms with Crippen molar-refractivity contribution in [2.24, 2.45) is 7.05 Å². The van der Waals surface area contributed by atoms with Gasteiger partial charge in [-0.05, 0) is 13.0 Å². The molecule has 0 bridgehead atoms. The van der Waals surface area contributed by atoms with Crippen molar-refractivity contribution in [2.45, 2.75) is 6.92 Å². The van der Waals surface area contributed by atoms with Crippen LogP contribution in [0, 0.1) is 6.92 Å². The lowest BCUT2D eigenvalue weighted by atomic mass is 10.3. The number of amides is 1. The van der Waals surface area contributed by atoms with E-state index in [1.165, 1.54) is 19.4 Å². The second kappa shape index (κ2) is 6.55. The highest BCUT2D eigenvalue weighted by Crippen LogP contribution is 1.95. The molecule has 0 unspecified atom stereocenters. The van der Waals surface area contributed by atoms with Crippen LogP contribution < -0.4 is 11.0 Å². The van der Waals surface area contributed by atoms with E-state index in [-0.39, 0.29) is 24.5 Å². The molecule has 0 aliphatic rings. The van der Waals surface area contributed by atoms with Gasteiger partial charge < -0.3 is 4.74 Å². The summed E-state index contributed by atoms with van der Waals surface area (Å²) in [4.78, 5) is 27.9. The summed E-state index contributed by atoms with van der Waals surface area (Å²) in [6.45, 7) is 5.44. The first-order chi connectivity index (χ1) is 8.56. The van der Waals surface area contributed by atoms with E-state index in [2.05, 4.69) is 17.2 Å². The summed E-state index contributed by atoms with van der Waals surface area (Å²) in [5.74, 6) is -0.521. The number of carbonyl (C=O) groups excluding carboxylic acids is 1. The van der Waals surface area contributed by atoms with E-state index in [4.69, 9.17) is 9.57 Å².